The fourth-order valence-corrected chi connectivity index (χ4v) is 1.90. The average molecular weight is 233 g/mol. The number of H-pyrrole nitrogens is 1. The maximum Gasteiger partial charge on any atom is 0.104 e. The molecule has 0 fully saturated rings. The Bertz CT molecular complexity index is 478. The molecule has 0 aliphatic heterocycles. The molecule has 0 saturated heterocycles. The van der Waals surface area contributed by atoms with Gasteiger partial charge in [-0.25, -0.2) is 4.98 Å². The number of aromatic nitrogens is 2. The second-order valence-electron chi connectivity index (χ2n) is 4.25. The van der Waals surface area contributed by atoms with Gasteiger partial charge in [0, 0.05) is 6.61 Å². The molecule has 0 radical (unpaired) electrons. The fraction of sp³-hybridized carbons (Fsp3) is 0.462. The number of aromatic amines is 1. The number of aryl methyl sites for hydroxylation is 1. The topological polar surface area (TPSA) is 60.9 Å². The molecular formula is C13H19N3O. The maximum atomic E-state index is 8.65. The standard InChI is InChI=1S/C13H19N3O/c1-10-15-12-4-3-11(9-13(12)16-10)5-7-14-6-2-8-17/h3-4,9,14,17H,2,5-8H2,1H3,(H,15,16). The highest BCUT2D eigenvalue weighted by atomic mass is 16.3. The molecule has 0 unspecified atom stereocenters. The van der Waals surface area contributed by atoms with Crippen LogP contribution in [-0.4, -0.2) is 34.8 Å². The van der Waals surface area contributed by atoms with Crippen LogP contribution in [-0.2, 0) is 6.42 Å². The molecule has 0 amide bonds. The van der Waals surface area contributed by atoms with Gasteiger partial charge < -0.3 is 15.4 Å². The van der Waals surface area contributed by atoms with E-state index >= 15 is 0 Å². The lowest BCUT2D eigenvalue weighted by Gasteiger charge is -2.03. The molecule has 4 nitrogen and oxygen atoms in total. The summed E-state index contributed by atoms with van der Waals surface area (Å²) < 4.78 is 0. The molecule has 0 saturated carbocycles. The summed E-state index contributed by atoms with van der Waals surface area (Å²) in [5.41, 5.74) is 3.44. The van der Waals surface area contributed by atoms with Crippen molar-refractivity contribution in [3.63, 3.8) is 0 Å². The zero-order valence-corrected chi connectivity index (χ0v) is 10.2. The molecule has 0 aliphatic carbocycles. The number of aliphatic hydroxyl groups excluding tert-OH is 1. The van der Waals surface area contributed by atoms with Crippen molar-refractivity contribution in [2.24, 2.45) is 0 Å². The number of hydrogen-bond donors (Lipinski definition) is 3. The van der Waals surface area contributed by atoms with E-state index in [1.165, 1.54) is 5.56 Å². The van der Waals surface area contributed by atoms with E-state index in [9.17, 15) is 0 Å². The van der Waals surface area contributed by atoms with Crippen LogP contribution in [0.15, 0.2) is 18.2 Å². The van der Waals surface area contributed by atoms with Gasteiger partial charge in [-0.05, 0) is 50.6 Å². The number of aliphatic hydroxyl groups is 1. The number of imidazole rings is 1. The number of nitrogens with one attached hydrogen (secondary N) is 2. The number of fused-ring (bicyclic) bond motifs is 1. The summed E-state index contributed by atoms with van der Waals surface area (Å²) in [4.78, 5) is 7.62. The molecule has 17 heavy (non-hydrogen) atoms. The van der Waals surface area contributed by atoms with E-state index in [0.29, 0.717) is 0 Å². The quantitative estimate of drug-likeness (QED) is 0.661. The second-order valence-corrected chi connectivity index (χ2v) is 4.25. The minimum atomic E-state index is 0.256. The Kier molecular flexibility index (Phi) is 4.12. The molecule has 92 valence electrons. The number of rotatable bonds is 6. The zero-order chi connectivity index (χ0) is 12.1. The Hall–Kier alpha value is -1.39. The Morgan fingerprint density at radius 3 is 3.06 bits per heavy atom. The van der Waals surface area contributed by atoms with E-state index in [4.69, 9.17) is 5.11 Å². The summed E-state index contributed by atoms with van der Waals surface area (Å²) in [7, 11) is 0. The van der Waals surface area contributed by atoms with Crippen LogP contribution in [0.3, 0.4) is 0 Å². The number of benzene rings is 1. The van der Waals surface area contributed by atoms with Crippen molar-refractivity contribution >= 4 is 11.0 Å². The van der Waals surface area contributed by atoms with E-state index in [-0.39, 0.29) is 6.61 Å². The first-order valence-electron chi connectivity index (χ1n) is 6.06. The second kappa shape index (κ2) is 5.80. The lowest BCUT2D eigenvalue weighted by atomic mass is 10.1. The van der Waals surface area contributed by atoms with Crippen molar-refractivity contribution in [2.45, 2.75) is 19.8 Å². The zero-order valence-electron chi connectivity index (χ0n) is 10.2. The third-order valence-electron chi connectivity index (χ3n) is 2.77. The highest BCUT2D eigenvalue weighted by Gasteiger charge is 2.00. The van der Waals surface area contributed by atoms with Gasteiger partial charge in [-0.1, -0.05) is 6.07 Å². The van der Waals surface area contributed by atoms with Crippen LogP contribution in [0, 0.1) is 6.92 Å². The highest BCUT2D eigenvalue weighted by Crippen LogP contribution is 2.13. The van der Waals surface area contributed by atoms with Gasteiger partial charge in [0.15, 0.2) is 0 Å². The number of nitrogens with zero attached hydrogens (tertiary/aromatic N) is 1. The average Bonchev–Trinajstić information content (AvgIpc) is 2.68. The Labute approximate surface area is 101 Å². The molecule has 1 aromatic heterocycles. The molecule has 2 aromatic rings. The SMILES string of the molecule is Cc1nc2ccc(CCNCCCO)cc2[nH]1. The van der Waals surface area contributed by atoms with Crippen molar-refractivity contribution in [2.75, 3.05) is 19.7 Å². The van der Waals surface area contributed by atoms with Crippen LogP contribution in [0.5, 0.6) is 0 Å². The molecule has 0 atom stereocenters. The van der Waals surface area contributed by atoms with Crippen molar-refractivity contribution in [1.82, 2.24) is 15.3 Å². The molecule has 0 aliphatic rings. The van der Waals surface area contributed by atoms with Gasteiger partial charge in [0.05, 0.1) is 11.0 Å². The van der Waals surface area contributed by atoms with E-state index < -0.39 is 0 Å². The lowest BCUT2D eigenvalue weighted by Crippen LogP contribution is -2.19. The Morgan fingerprint density at radius 1 is 1.35 bits per heavy atom. The third-order valence-corrected chi connectivity index (χ3v) is 2.77. The van der Waals surface area contributed by atoms with Gasteiger partial charge in [-0.15, -0.1) is 0 Å². The summed E-state index contributed by atoms with van der Waals surface area (Å²) in [6.07, 6.45) is 1.82. The van der Waals surface area contributed by atoms with Crippen molar-refractivity contribution < 1.29 is 5.11 Å². The van der Waals surface area contributed by atoms with Crippen LogP contribution in [0.1, 0.15) is 17.8 Å². The molecular weight excluding hydrogens is 214 g/mol. The highest BCUT2D eigenvalue weighted by molar-refractivity contribution is 5.75. The summed E-state index contributed by atoms with van der Waals surface area (Å²) in [6.45, 7) is 4.04. The van der Waals surface area contributed by atoms with Gasteiger partial charge in [0.25, 0.3) is 0 Å². The smallest absolute Gasteiger partial charge is 0.104 e. The summed E-state index contributed by atoms with van der Waals surface area (Å²) in [5.74, 6) is 0.957. The molecule has 4 heteroatoms. The summed E-state index contributed by atoms with van der Waals surface area (Å²) in [5, 5.41) is 12.0. The number of hydrogen-bond acceptors (Lipinski definition) is 3. The maximum absolute atomic E-state index is 8.65. The molecule has 3 N–H and O–H groups in total. The van der Waals surface area contributed by atoms with Gasteiger partial charge in [-0.3, -0.25) is 0 Å². The van der Waals surface area contributed by atoms with Crippen LogP contribution in [0.25, 0.3) is 11.0 Å². The third kappa shape index (κ3) is 3.28. The molecule has 1 aromatic carbocycles. The fourth-order valence-electron chi connectivity index (χ4n) is 1.90. The van der Waals surface area contributed by atoms with Gasteiger partial charge in [0.1, 0.15) is 5.82 Å². The predicted molar refractivity (Wildman–Crippen MR) is 69.1 cm³/mol. The molecule has 1 heterocycles. The van der Waals surface area contributed by atoms with E-state index in [2.05, 4.69) is 33.5 Å². The largest absolute Gasteiger partial charge is 0.396 e. The van der Waals surface area contributed by atoms with Gasteiger partial charge in [0.2, 0.25) is 0 Å². The van der Waals surface area contributed by atoms with Crippen LogP contribution in [0.2, 0.25) is 0 Å². The normalized spacial score (nSPS) is 11.2. The first-order valence-corrected chi connectivity index (χ1v) is 6.06. The van der Waals surface area contributed by atoms with E-state index in [1.807, 2.05) is 6.92 Å². The van der Waals surface area contributed by atoms with Gasteiger partial charge in [-0.2, -0.15) is 0 Å². The Morgan fingerprint density at radius 2 is 2.24 bits per heavy atom. The molecule has 0 bridgehead atoms. The van der Waals surface area contributed by atoms with Crippen LogP contribution in [0.4, 0.5) is 0 Å². The van der Waals surface area contributed by atoms with Gasteiger partial charge >= 0.3 is 0 Å². The minimum absolute atomic E-state index is 0.256. The predicted octanol–water partition coefficient (Wildman–Crippen LogP) is 1.39. The van der Waals surface area contributed by atoms with Crippen LogP contribution < -0.4 is 5.32 Å². The summed E-state index contributed by atoms with van der Waals surface area (Å²) >= 11 is 0. The van der Waals surface area contributed by atoms with Crippen molar-refractivity contribution in [1.29, 1.82) is 0 Å². The Balaban J connectivity index is 1.90. The van der Waals surface area contributed by atoms with Crippen LogP contribution >= 0.6 is 0 Å². The van der Waals surface area contributed by atoms with E-state index in [1.54, 1.807) is 0 Å². The first-order chi connectivity index (χ1) is 8.29. The molecule has 0 spiro atoms. The molecule has 2 rings (SSSR count). The van der Waals surface area contributed by atoms with Crippen molar-refractivity contribution in [3.8, 4) is 0 Å². The summed E-state index contributed by atoms with van der Waals surface area (Å²) in [6, 6.07) is 6.33. The first kappa shape index (κ1) is 12.1. The lowest BCUT2D eigenvalue weighted by molar-refractivity contribution is 0.286. The van der Waals surface area contributed by atoms with Crippen molar-refractivity contribution in [3.05, 3.63) is 29.6 Å². The minimum Gasteiger partial charge on any atom is -0.396 e. The van der Waals surface area contributed by atoms with E-state index in [0.717, 1.165) is 42.8 Å². The monoisotopic (exact) mass is 233 g/mol.